The molecule has 0 spiro atoms. The number of thiophene rings is 1. The number of fused-ring (bicyclic) bond motifs is 1. The predicted molar refractivity (Wildman–Crippen MR) is 121 cm³/mol. The third-order valence-electron chi connectivity index (χ3n) is 4.92. The van der Waals surface area contributed by atoms with E-state index in [0.29, 0.717) is 12.0 Å². The van der Waals surface area contributed by atoms with Gasteiger partial charge in [-0.3, -0.25) is 15.4 Å². The molecule has 1 aromatic heterocycles. The number of hydrazine groups is 2. The van der Waals surface area contributed by atoms with E-state index < -0.39 is 16.1 Å². The molecule has 32 heavy (non-hydrogen) atoms. The third-order valence-corrected chi connectivity index (χ3v) is 7.96. The van der Waals surface area contributed by atoms with E-state index in [1.165, 1.54) is 18.2 Å². The fraction of sp³-hybridized carbons (Fsp3) is 0.100. The Balaban J connectivity index is 1.78. The van der Waals surface area contributed by atoms with Gasteiger partial charge in [0.05, 0.1) is 28.2 Å². The number of carbonyl (C=O) groups excluding carboxylic acids is 2. The maximum atomic E-state index is 12.9. The van der Waals surface area contributed by atoms with Crippen molar-refractivity contribution in [1.29, 1.82) is 0 Å². The second-order valence-corrected chi connectivity index (χ2v) is 10.5. The standard InChI is InChI=1S/C20H18ClN5O4S2/c21-17-5-6-18(31-17)32(29,30)25-26(11-27)20-15(9-13(28)10-16(20)24-22)19-14-4-2-1-3-12(14)7-8-23-19/h1-9,11,19,23-25H,10,22H2. The fourth-order valence-electron chi connectivity index (χ4n) is 3.59. The minimum Gasteiger partial charge on any atom is -0.380 e. The first kappa shape index (κ1) is 22.2. The van der Waals surface area contributed by atoms with Gasteiger partial charge in [0.2, 0.25) is 6.41 Å². The number of hydrogen-bond donors (Lipinski definition) is 4. The largest absolute Gasteiger partial charge is 0.380 e. The molecule has 12 heteroatoms. The summed E-state index contributed by atoms with van der Waals surface area (Å²) in [6.45, 7) is 0. The van der Waals surface area contributed by atoms with Gasteiger partial charge in [-0.05, 0) is 41.6 Å². The molecule has 1 amide bonds. The molecule has 9 nitrogen and oxygen atoms in total. The van der Waals surface area contributed by atoms with E-state index >= 15 is 0 Å². The topological polar surface area (TPSA) is 134 Å². The number of rotatable bonds is 7. The molecule has 166 valence electrons. The Morgan fingerprint density at radius 3 is 2.72 bits per heavy atom. The first-order valence-corrected chi connectivity index (χ1v) is 12.0. The minimum absolute atomic E-state index is 0.0707. The van der Waals surface area contributed by atoms with Crippen LogP contribution in [0.3, 0.4) is 0 Å². The van der Waals surface area contributed by atoms with E-state index in [0.717, 1.165) is 27.5 Å². The van der Waals surface area contributed by atoms with Crippen molar-refractivity contribution < 1.29 is 18.0 Å². The summed E-state index contributed by atoms with van der Waals surface area (Å²) in [6, 6.07) is 9.78. The average molecular weight is 492 g/mol. The molecule has 1 unspecified atom stereocenters. The van der Waals surface area contributed by atoms with Crippen LogP contribution in [0.5, 0.6) is 0 Å². The molecule has 1 aliphatic carbocycles. The SMILES string of the molecule is NNC1=C(N(C=O)NS(=O)(=O)c2ccc(Cl)s2)C(C2NC=Cc3ccccc32)=CC(=O)C1. The highest BCUT2D eigenvalue weighted by atomic mass is 35.5. The maximum Gasteiger partial charge on any atom is 0.267 e. The number of ketones is 1. The second-order valence-electron chi connectivity index (χ2n) is 6.90. The number of benzene rings is 1. The van der Waals surface area contributed by atoms with E-state index in [2.05, 4.69) is 15.6 Å². The summed E-state index contributed by atoms with van der Waals surface area (Å²) in [4.78, 5) is 26.8. The van der Waals surface area contributed by atoms with Crippen LogP contribution in [-0.2, 0) is 19.6 Å². The Morgan fingerprint density at radius 2 is 2.03 bits per heavy atom. The smallest absolute Gasteiger partial charge is 0.267 e. The lowest BCUT2D eigenvalue weighted by molar-refractivity contribution is -0.118. The van der Waals surface area contributed by atoms with Crippen LogP contribution in [0, 0.1) is 0 Å². The van der Waals surface area contributed by atoms with Crippen LogP contribution in [0.4, 0.5) is 0 Å². The van der Waals surface area contributed by atoms with Gasteiger partial charge in [-0.1, -0.05) is 35.9 Å². The zero-order valence-electron chi connectivity index (χ0n) is 16.4. The molecule has 0 bridgehead atoms. The summed E-state index contributed by atoms with van der Waals surface area (Å²) < 4.78 is 25.9. The normalized spacial score (nSPS) is 18.0. The summed E-state index contributed by atoms with van der Waals surface area (Å²) >= 11 is 6.71. The molecule has 4 rings (SSSR count). The lowest BCUT2D eigenvalue weighted by Gasteiger charge is -2.34. The highest BCUT2D eigenvalue weighted by molar-refractivity contribution is 7.91. The number of nitrogens with two attached hydrogens (primary N) is 1. The summed E-state index contributed by atoms with van der Waals surface area (Å²) in [7, 11) is -4.13. The van der Waals surface area contributed by atoms with Gasteiger partial charge in [-0.15, -0.1) is 16.2 Å². The average Bonchev–Trinajstić information content (AvgIpc) is 3.24. The van der Waals surface area contributed by atoms with Crippen molar-refractivity contribution in [2.24, 2.45) is 5.84 Å². The number of halogens is 1. The van der Waals surface area contributed by atoms with E-state index in [9.17, 15) is 18.0 Å². The van der Waals surface area contributed by atoms with Crippen LogP contribution >= 0.6 is 22.9 Å². The van der Waals surface area contributed by atoms with Crippen molar-refractivity contribution in [2.45, 2.75) is 16.7 Å². The van der Waals surface area contributed by atoms with Crippen LogP contribution in [0.1, 0.15) is 23.6 Å². The zero-order chi connectivity index (χ0) is 22.9. The molecular weight excluding hydrogens is 474 g/mol. The van der Waals surface area contributed by atoms with Gasteiger partial charge in [0, 0.05) is 5.57 Å². The van der Waals surface area contributed by atoms with Gasteiger partial charge in [-0.2, -0.15) is 0 Å². The molecule has 2 aromatic rings. The van der Waals surface area contributed by atoms with E-state index in [1.807, 2.05) is 30.3 Å². The predicted octanol–water partition coefficient (Wildman–Crippen LogP) is 1.94. The number of amides is 1. The molecule has 1 atom stereocenters. The Labute approximate surface area is 193 Å². The van der Waals surface area contributed by atoms with E-state index in [4.69, 9.17) is 17.4 Å². The van der Waals surface area contributed by atoms with Crippen molar-refractivity contribution in [3.05, 3.63) is 81.1 Å². The lowest BCUT2D eigenvalue weighted by atomic mass is 9.86. The molecular formula is C20H18ClN5O4S2. The lowest BCUT2D eigenvalue weighted by Crippen LogP contribution is -2.45. The maximum absolute atomic E-state index is 12.9. The monoisotopic (exact) mass is 491 g/mol. The molecule has 2 aliphatic rings. The van der Waals surface area contributed by atoms with Gasteiger partial charge in [0.1, 0.15) is 4.21 Å². The number of hydrogen-bond acceptors (Lipinski definition) is 8. The number of nitrogens with one attached hydrogen (secondary N) is 3. The minimum atomic E-state index is -4.13. The van der Waals surface area contributed by atoms with Crippen LogP contribution < -0.4 is 21.4 Å². The number of nitrogens with zero attached hydrogens (tertiary/aromatic N) is 1. The van der Waals surface area contributed by atoms with Crippen molar-refractivity contribution in [3.63, 3.8) is 0 Å². The molecule has 2 heterocycles. The highest BCUT2D eigenvalue weighted by Crippen LogP contribution is 2.37. The molecule has 1 aromatic carbocycles. The Bertz CT molecular complexity index is 1280. The van der Waals surface area contributed by atoms with Gasteiger partial charge in [0.25, 0.3) is 10.0 Å². The fourth-order valence-corrected chi connectivity index (χ4v) is 6.06. The van der Waals surface area contributed by atoms with Crippen molar-refractivity contribution >= 4 is 51.2 Å². The molecule has 5 N–H and O–H groups in total. The van der Waals surface area contributed by atoms with Gasteiger partial charge < -0.3 is 10.7 Å². The van der Waals surface area contributed by atoms with Crippen LogP contribution in [0.15, 0.2) is 69.9 Å². The Hall–Kier alpha value is -2.96. The third kappa shape index (κ3) is 4.20. The van der Waals surface area contributed by atoms with Crippen LogP contribution in [0.25, 0.3) is 6.08 Å². The first-order chi connectivity index (χ1) is 15.3. The highest BCUT2D eigenvalue weighted by Gasteiger charge is 2.34. The number of allylic oxidation sites excluding steroid dienone is 2. The quantitative estimate of drug-likeness (QED) is 0.264. The zero-order valence-corrected chi connectivity index (χ0v) is 18.8. The van der Waals surface area contributed by atoms with Crippen molar-refractivity contribution in [2.75, 3.05) is 0 Å². The number of sulfonamides is 1. The van der Waals surface area contributed by atoms with Crippen LogP contribution in [0.2, 0.25) is 4.34 Å². The molecule has 0 saturated heterocycles. The Kier molecular flexibility index (Phi) is 6.17. The summed E-state index contributed by atoms with van der Waals surface area (Å²) in [5.74, 6) is 5.41. The summed E-state index contributed by atoms with van der Waals surface area (Å²) in [5.41, 5.74) is 4.92. The summed E-state index contributed by atoms with van der Waals surface area (Å²) in [5, 5.41) is 3.98. The number of carbonyl (C=O) groups is 2. The first-order valence-electron chi connectivity index (χ1n) is 9.32. The van der Waals surface area contributed by atoms with Crippen molar-refractivity contribution in [1.82, 2.24) is 20.6 Å². The summed E-state index contributed by atoms with van der Waals surface area (Å²) in [6.07, 6.45) is 5.17. The van der Waals surface area contributed by atoms with Gasteiger partial charge >= 0.3 is 0 Å². The molecule has 1 aliphatic heterocycles. The molecule has 0 radical (unpaired) electrons. The Morgan fingerprint density at radius 1 is 1.25 bits per heavy atom. The van der Waals surface area contributed by atoms with Crippen molar-refractivity contribution in [3.8, 4) is 0 Å². The second kappa shape index (κ2) is 8.88. The molecule has 0 fully saturated rings. The van der Waals surface area contributed by atoms with Crippen LogP contribution in [-0.4, -0.2) is 25.6 Å². The van der Waals surface area contributed by atoms with E-state index in [1.54, 1.807) is 6.20 Å². The van der Waals surface area contributed by atoms with Gasteiger partial charge in [0.15, 0.2) is 5.78 Å². The van der Waals surface area contributed by atoms with E-state index in [-0.39, 0.29) is 32.1 Å². The molecule has 0 saturated carbocycles. The van der Waals surface area contributed by atoms with Gasteiger partial charge in [-0.25, -0.2) is 13.4 Å².